The van der Waals surface area contributed by atoms with Gasteiger partial charge in [0.25, 0.3) is 0 Å². The highest BCUT2D eigenvalue weighted by atomic mass is 19.1. The first kappa shape index (κ1) is 23.1. The van der Waals surface area contributed by atoms with Gasteiger partial charge in [0.05, 0.1) is 12.1 Å². The topological polar surface area (TPSA) is 55.9 Å². The maximum atomic E-state index is 13.2. The van der Waals surface area contributed by atoms with Gasteiger partial charge in [-0.3, -0.25) is 9.69 Å². The number of nitrogens with zero attached hydrogens (tertiary/aromatic N) is 3. The van der Waals surface area contributed by atoms with Crippen LogP contribution in [0.3, 0.4) is 0 Å². The van der Waals surface area contributed by atoms with E-state index in [0.717, 1.165) is 13.1 Å². The van der Waals surface area contributed by atoms with Gasteiger partial charge >= 0.3 is 6.03 Å². The lowest BCUT2D eigenvalue weighted by molar-refractivity contribution is -0.117. The number of hydrogen-bond acceptors (Lipinski definition) is 3. The first-order valence-corrected chi connectivity index (χ1v) is 12.0. The van der Waals surface area contributed by atoms with Gasteiger partial charge in [-0.2, -0.15) is 0 Å². The first-order chi connectivity index (χ1) is 17.1. The SMILES string of the molecule is O=C(NC1CC(=O)N(c2ccc(F)cc2)C1)N1CCN(C(c2ccccc2)c2ccccc2)CC1. The van der Waals surface area contributed by atoms with Crippen LogP contribution in [0.25, 0.3) is 0 Å². The van der Waals surface area contributed by atoms with E-state index >= 15 is 0 Å². The molecule has 2 fully saturated rings. The molecular weight excluding hydrogens is 443 g/mol. The summed E-state index contributed by atoms with van der Waals surface area (Å²) in [7, 11) is 0. The molecule has 5 rings (SSSR count). The van der Waals surface area contributed by atoms with Gasteiger partial charge in [0, 0.05) is 44.8 Å². The van der Waals surface area contributed by atoms with Crippen LogP contribution in [0, 0.1) is 5.82 Å². The maximum Gasteiger partial charge on any atom is 0.317 e. The molecule has 1 N–H and O–H groups in total. The third-order valence-electron chi connectivity index (χ3n) is 6.79. The molecule has 35 heavy (non-hydrogen) atoms. The summed E-state index contributed by atoms with van der Waals surface area (Å²) in [5.74, 6) is -0.411. The molecule has 2 saturated heterocycles. The van der Waals surface area contributed by atoms with Crippen molar-refractivity contribution >= 4 is 17.6 Å². The van der Waals surface area contributed by atoms with Crippen LogP contribution in [0.1, 0.15) is 23.6 Å². The second-order valence-corrected chi connectivity index (χ2v) is 9.08. The zero-order valence-corrected chi connectivity index (χ0v) is 19.5. The van der Waals surface area contributed by atoms with Crippen LogP contribution in [-0.2, 0) is 4.79 Å². The molecule has 180 valence electrons. The van der Waals surface area contributed by atoms with E-state index in [4.69, 9.17) is 0 Å². The second-order valence-electron chi connectivity index (χ2n) is 9.08. The number of carbonyl (C=O) groups is 2. The van der Waals surface area contributed by atoms with Crippen molar-refractivity contribution < 1.29 is 14.0 Å². The Morgan fingerprint density at radius 3 is 1.97 bits per heavy atom. The summed E-state index contributed by atoms with van der Waals surface area (Å²) >= 11 is 0. The molecular formula is C28H29FN4O2. The van der Waals surface area contributed by atoms with Crippen LogP contribution >= 0.6 is 0 Å². The molecule has 1 atom stereocenters. The summed E-state index contributed by atoms with van der Waals surface area (Å²) in [6.45, 7) is 3.13. The molecule has 0 aromatic heterocycles. The molecule has 0 saturated carbocycles. The first-order valence-electron chi connectivity index (χ1n) is 12.0. The molecule has 0 spiro atoms. The fraction of sp³-hybridized carbons (Fsp3) is 0.286. The minimum atomic E-state index is -0.342. The third kappa shape index (κ3) is 5.20. The van der Waals surface area contributed by atoms with E-state index in [2.05, 4.69) is 58.7 Å². The highest BCUT2D eigenvalue weighted by molar-refractivity contribution is 5.96. The lowest BCUT2D eigenvalue weighted by Crippen LogP contribution is -2.54. The van der Waals surface area contributed by atoms with Crippen molar-refractivity contribution in [2.45, 2.75) is 18.5 Å². The standard InChI is InChI=1S/C28H29FN4O2/c29-23-11-13-25(14-12-23)33-20-24(19-26(33)34)30-28(35)32-17-15-31(16-18-32)27(21-7-3-1-4-8-21)22-9-5-2-6-10-22/h1-14,24,27H,15-20H2,(H,30,35). The van der Waals surface area contributed by atoms with Gasteiger partial charge in [-0.05, 0) is 35.4 Å². The Morgan fingerprint density at radius 1 is 0.829 bits per heavy atom. The van der Waals surface area contributed by atoms with E-state index in [0.29, 0.717) is 25.3 Å². The Morgan fingerprint density at radius 2 is 1.40 bits per heavy atom. The molecule has 6 nitrogen and oxygen atoms in total. The zero-order chi connectivity index (χ0) is 24.2. The largest absolute Gasteiger partial charge is 0.333 e. The van der Waals surface area contributed by atoms with Crippen LogP contribution in [0.5, 0.6) is 0 Å². The molecule has 7 heteroatoms. The number of urea groups is 1. The van der Waals surface area contributed by atoms with Crippen molar-refractivity contribution in [3.63, 3.8) is 0 Å². The predicted octanol–water partition coefficient (Wildman–Crippen LogP) is 4.05. The fourth-order valence-electron chi connectivity index (χ4n) is 5.01. The summed E-state index contributed by atoms with van der Waals surface area (Å²) in [6.07, 6.45) is 0.243. The van der Waals surface area contributed by atoms with E-state index < -0.39 is 0 Å². The lowest BCUT2D eigenvalue weighted by atomic mass is 9.96. The summed E-state index contributed by atoms with van der Waals surface area (Å²) in [5, 5.41) is 3.03. The van der Waals surface area contributed by atoms with Gasteiger partial charge < -0.3 is 15.1 Å². The predicted molar refractivity (Wildman–Crippen MR) is 134 cm³/mol. The van der Waals surface area contributed by atoms with Crippen molar-refractivity contribution in [1.82, 2.24) is 15.1 Å². The molecule has 1 unspecified atom stereocenters. The summed E-state index contributed by atoms with van der Waals surface area (Å²) in [5.41, 5.74) is 3.12. The Bertz CT molecular complexity index is 1110. The molecule has 0 radical (unpaired) electrons. The van der Waals surface area contributed by atoms with Crippen molar-refractivity contribution in [2.24, 2.45) is 0 Å². The smallest absolute Gasteiger partial charge is 0.317 e. The molecule has 3 amide bonds. The number of halogens is 1. The lowest BCUT2D eigenvalue weighted by Gasteiger charge is -2.40. The monoisotopic (exact) mass is 472 g/mol. The summed E-state index contributed by atoms with van der Waals surface area (Å²) in [6, 6.07) is 26.5. The molecule has 3 aromatic rings. The number of piperazine rings is 1. The number of amides is 3. The Hall–Kier alpha value is -3.71. The van der Waals surface area contributed by atoms with Gasteiger partial charge in [0.15, 0.2) is 0 Å². The van der Waals surface area contributed by atoms with E-state index in [9.17, 15) is 14.0 Å². The number of hydrogen-bond donors (Lipinski definition) is 1. The Labute approximate surface area is 205 Å². The Kier molecular flexibility index (Phi) is 6.77. The van der Waals surface area contributed by atoms with Crippen molar-refractivity contribution in [1.29, 1.82) is 0 Å². The van der Waals surface area contributed by atoms with Crippen LogP contribution in [-0.4, -0.2) is 60.5 Å². The zero-order valence-electron chi connectivity index (χ0n) is 19.5. The highest BCUT2D eigenvalue weighted by Crippen LogP contribution is 2.29. The number of rotatable bonds is 5. The quantitative estimate of drug-likeness (QED) is 0.610. The van der Waals surface area contributed by atoms with E-state index in [1.54, 1.807) is 17.0 Å². The molecule has 3 aromatic carbocycles. The van der Waals surface area contributed by atoms with E-state index in [1.807, 2.05) is 17.0 Å². The van der Waals surface area contributed by atoms with Crippen LogP contribution < -0.4 is 10.2 Å². The summed E-state index contributed by atoms with van der Waals surface area (Å²) in [4.78, 5) is 31.3. The molecule has 2 aliphatic heterocycles. The van der Waals surface area contributed by atoms with E-state index in [1.165, 1.54) is 23.3 Å². The molecule has 0 bridgehead atoms. The Balaban J connectivity index is 1.19. The van der Waals surface area contributed by atoms with Gasteiger partial charge in [0.1, 0.15) is 5.82 Å². The van der Waals surface area contributed by atoms with Crippen molar-refractivity contribution in [2.75, 3.05) is 37.6 Å². The molecule has 2 heterocycles. The average molecular weight is 473 g/mol. The fourth-order valence-corrected chi connectivity index (χ4v) is 5.01. The number of carbonyl (C=O) groups excluding carboxylic acids is 2. The van der Waals surface area contributed by atoms with Crippen molar-refractivity contribution in [3.05, 3.63) is 102 Å². The average Bonchev–Trinajstić information content (AvgIpc) is 3.26. The van der Waals surface area contributed by atoms with Gasteiger partial charge in [-0.15, -0.1) is 0 Å². The molecule has 0 aliphatic carbocycles. The van der Waals surface area contributed by atoms with Gasteiger partial charge in [0.2, 0.25) is 5.91 Å². The maximum absolute atomic E-state index is 13.2. The van der Waals surface area contributed by atoms with Gasteiger partial charge in [-0.25, -0.2) is 9.18 Å². The third-order valence-corrected chi connectivity index (χ3v) is 6.79. The van der Waals surface area contributed by atoms with Crippen molar-refractivity contribution in [3.8, 4) is 0 Å². The minimum absolute atomic E-state index is 0.0692. The summed E-state index contributed by atoms with van der Waals surface area (Å²) < 4.78 is 13.2. The minimum Gasteiger partial charge on any atom is -0.333 e. The van der Waals surface area contributed by atoms with E-state index in [-0.39, 0.29) is 36.3 Å². The van der Waals surface area contributed by atoms with Crippen LogP contribution in [0.2, 0.25) is 0 Å². The number of nitrogens with one attached hydrogen (secondary N) is 1. The van der Waals surface area contributed by atoms with Crippen LogP contribution in [0.4, 0.5) is 14.9 Å². The highest BCUT2D eigenvalue weighted by Gasteiger charge is 2.34. The normalized spacial score (nSPS) is 18.8. The van der Waals surface area contributed by atoms with Crippen LogP contribution in [0.15, 0.2) is 84.9 Å². The number of benzene rings is 3. The second kappa shape index (κ2) is 10.3. The number of anilines is 1. The molecule has 2 aliphatic rings. The van der Waals surface area contributed by atoms with Gasteiger partial charge in [-0.1, -0.05) is 60.7 Å².